The van der Waals surface area contributed by atoms with E-state index in [1.807, 2.05) is 60.8 Å². The van der Waals surface area contributed by atoms with Crippen molar-refractivity contribution in [2.75, 3.05) is 10.2 Å². The first-order chi connectivity index (χ1) is 25.0. The molecule has 6 aromatic carbocycles. The van der Waals surface area contributed by atoms with Crippen molar-refractivity contribution in [2.45, 2.75) is 20.0 Å². The number of nitrogens with zero attached hydrogens (tertiary/aromatic N) is 3. The van der Waals surface area contributed by atoms with Gasteiger partial charge in [-0.15, -0.1) is 0 Å². The Bertz CT molecular complexity index is 2540. The minimum absolute atomic E-state index is 0.0602. The lowest BCUT2D eigenvalue weighted by molar-refractivity contribution is 0.455. The van der Waals surface area contributed by atoms with Crippen LogP contribution < -0.4 is 19.7 Å². The molecule has 0 saturated carbocycles. The molecular weight excluding hydrogens is 696 g/mol. The lowest BCUT2D eigenvalue weighted by Crippen LogP contribution is -2.24. The van der Waals surface area contributed by atoms with Gasteiger partial charge >= 0.3 is 0 Å². The minimum atomic E-state index is -0.0602. The number of rotatable bonds is 7. The van der Waals surface area contributed by atoms with Crippen LogP contribution in [0, 0.1) is 13.8 Å². The van der Waals surface area contributed by atoms with Crippen LogP contribution in [0.15, 0.2) is 156 Å². The summed E-state index contributed by atoms with van der Waals surface area (Å²) in [6, 6.07) is 49.6. The van der Waals surface area contributed by atoms with E-state index in [1.54, 1.807) is 0 Å². The molecular formula is C44H33BrN4O2. The van der Waals surface area contributed by atoms with Gasteiger partial charge in [0.1, 0.15) is 39.5 Å². The first-order valence-electron chi connectivity index (χ1n) is 16.9. The molecule has 1 N–H and O–H groups in total. The van der Waals surface area contributed by atoms with Crippen molar-refractivity contribution in [1.82, 2.24) is 9.55 Å². The second-order valence-electron chi connectivity index (χ2n) is 12.7. The Balaban J connectivity index is 0.986. The third-order valence-corrected chi connectivity index (χ3v) is 10.3. The van der Waals surface area contributed by atoms with Gasteiger partial charge in [-0.05, 0) is 119 Å². The van der Waals surface area contributed by atoms with Crippen LogP contribution in [0.1, 0.15) is 22.9 Å². The molecule has 0 amide bonds. The van der Waals surface area contributed by atoms with E-state index in [2.05, 4.69) is 141 Å². The summed E-state index contributed by atoms with van der Waals surface area (Å²) >= 11 is 3.77. The molecule has 1 atom stereocenters. The van der Waals surface area contributed by atoms with Crippen molar-refractivity contribution in [2.24, 2.45) is 0 Å². The molecule has 51 heavy (non-hydrogen) atoms. The van der Waals surface area contributed by atoms with Gasteiger partial charge in [0.05, 0.1) is 22.4 Å². The number of benzene rings is 6. The minimum Gasteiger partial charge on any atom is -0.456 e. The summed E-state index contributed by atoms with van der Waals surface area (Å²) in [7, 11) is 0. The number of nitrogens with one attached hydrogen (secondary N) is 1. The fourth-order valence-corrected chi connectivity index (χ4v) is 7.62. The van der Waals surface area contributed by atoms with Crippen molar-refractivity contribution in [3.8, 4) is 28.8 Å². The van der Waals surface area contributed by atoms with Crippen molar-refractivity contribution in [3.05, 3.63) is 173 Å². The molecule has 248 valence electrons. The highest BCUT2D eigenvalue weighted by Crippen LogP contribution is 2.48. The van der Waals surface area contributed by atoms with Gasteiger partial charge in [-0.25, -0.2) is 4.98 Å². The number of fused-ring (bicyclic) bond motifs is 4. The van der Waals surface area contributed by atoms with E-state index < -0.39 is 0 Å². The Morgan fingerprint density at radius 2 is 1.29 bits per heavy atom. The van der Waals surface area contributed by atoms with Gasteiger partial charge in [-0.1, -0.05) is 72.8 Å². The molecule has 0 bridgehead atoms. The predicted molar refractivity (Wildman–Crippen MR) is 210 cm³/mol. The zero-order valence-electron chi connectivity index (χ0n) is 28.0. The van der Waals surface area contributed by atoms with E-state index in [4.69, 9.17) is 9.47 Å². The highest BCUT2D eigenvalue weighted by molar-refractivity contribution is 9.10. The van der Waals surface area contributed by atoms with Crippen molar-refractivity contribution in [1.29, 1.82) is 0 Å². The van der Waals surface area contributed by atoms with Gasteiger partial charge in [-0.3, -0.25) is 4.57 Å². The molecule has 3 heterocycles. The van der Waals surface area contributed by atoms with E-state index in [1.165, 1.54) is 22.5 Å². The van der Waals surface area contributed by atoms with Crippen LogP contribution in [0.2, 0.25) is 0 Å². The number of halogens is 1. The van der Waals surface area contributed by atoms with Crippen molar-refractivity contribution in [3.63, 3.8) is 0 Å². The van der Waals surface area contributed by atoms with E-state index in [0.717, 1.165) is 54.8 Å². The van der Waals surface area contributed by atoms with Crippen LogP contribution in [0.3, 0.4) is 0 Å². The number of aryl methyl sites for hydroxylation is 2. The highest BCUT2D eigenvalue weighted by Gasteiger charge is 2.32. The number of anilines is 3. The normalized spacial score (nSPS) is 13.7. The van der Waals surface area contributed by atoms with Crippen LogP contribution in [-0.4, -0.2) is 9.55 Å². The summed E-state index contributed by atoms with van der Waals surface area (Å²) in [5.74, 6) is 3.66. The number of ether oxygens (including phenoxy) is 2. The molecule has 9 rings (SSSR count). The number of aromatic nitrogens is 2. The zero-order chi connectivity index (χ0) is 34.5. The molecule has 0 fully saturated rings. The summed E-state index contributed by atoms with van der Waals surface area (Å²) < 4.78 is 15.8. The molecule has 0 saturated heterocycles. The third-order valence-electron chi connectivity index (χ3n) is 9.50. The highest BCUT2D eigenvalue weighted by atomic mass is 79.9. The van der Waals surface area contributed by atoms with E-state index in [-0.39, 0.29) is 6.17 Å². The largest absolute Gasteiger partial charge is 0.456 e. The maximum atomic E-state index is 6.48. The first-order valence-corrected chi connectivity index (χ1v) is 17.7. The van der Waals surface area contributed by atoms with E-state index in [9.17, 15) is 0 Å². The number of pyridine rings is 1. The van der Waals surface area contributed by atoms with Gasteiger partial charge in [0, 0.05) is 22.7 Å². The van der Waals surface area contributed by atoms with Crippen LogP contribution in [-0.2, 0) is 0 Å². The van der Waals surface area contributed by atoms with Gasteiger partial charge in [0.25, 0.3) is 0 Å². The van der Waals surface area contributed by atoms with E-state index in [0.29, 0.717) is 11.5 Å². The van der Waals surface area contributed by atoms with Crippen LogP contribution >= 0.6 is 15.9 Å². The lowest BCUT2D eigenvalue weighted by atomic mass is 10.0. The molecule has 1 aliphatic rings. The standard InChI is InChI=1S/C44H33BrN4O2/c1-28-11-9-12-29(2)43(28)49-38-16-6-4-14-35(38)47-44(49)30-20-22-31(23-21-30)50-39-17-10-18-40(42(39)45)51-32-24-25-37-34(27-32)33-13-3-5-15-36(33)48(37)41-19-7-8-26-46-41/h3-27,44,47H,1-2H3. The van der Waals surface area contributed by atoms with E-state index >= 15 is 0 Å². The molecule has 0 spiro atoms. The quantitative estimate of drug-likeness (QED) is 0.177. The maximum Gasteiger partial charge on any atom is 0.145 e. The summed E-state index contributed by atoms with van der Waals surface area (Å²) in [5.41, 5.74) is 9.27. The monoisotopic (exact) mass is 728 g/mol. The second kappa shape index (κ2) is 12.7. The average molecular weight is 730 g/mol. The molecule has 2 aromatic heterocycles. The Hall–Kier alpha value is -6.05. The summed E-state index contributed by atoms with van der Waals surface area (Å²) in [6.45, 7) is 4.35. The zero-order valence-corrected chi connectivity index (χ0v) is 29.6. The summed E-state index contributed by atoms with van der Waals surface area (Å²) in [6.07, 6.45) is 1.76. The van der Waals surface area contributed by atoms with Crippen LogP contribution in [0.25, 0.3) is 27.6 Å². The molecule has 0 aliphatic carbocycles. The lowest BCUT2D eigenvalue weighted by Gasteiger charge is -2.30. The van der Waals surface area contributed by atoms with Gasteiger partial charge < -0.3 is 19.7 Å². The average Bonchev–Trinajstić information content (AvgIpc) is 3.70. The van der Waals surface area contributed by atoms with Crippen LogP contribution in [0.5, 0.6) is 23.0 Å². The van der Waals surface area contributed by atoms with Gasteiger partial charge in [0.15, 0.2) is 0 Å². The Labute approximate surface area is 304 Å². The topological polar surface area (TPSA) is 51.6 Å². The fourth-order valence-electron chi connectivity index (χ4n) is 7.19. The molecule has 1 unspecified atom stereocenters. The predicted octanol–water partition coefficient (Wildman–Crippen LogP) is 12.4. The molecule has 1 aliphatic heterocycles. The molecule has 8 aromatic rings. The summed E-state index contributed by atoms with van der Waals surface area (Å²) in [4.78, 5) is 7.03. The molecule has 6 nitrogen and oxygen atoms in total. The molecule has 0 radical (unpaired) electrons. The SMILES string of the molecule is Cc1cccc(C)c1N1c2ccccc2NC1c1ccc(Oc2cccc(Oc3ccc4c(c3)c3ccccc3n4-c3ccccn3)c2Br)cc1. The van der Waals surface area contributed by atoms with Gasteiger partial charge in [-0.2, -0.15) is 0 Å². The second-order valence-corrected chi connectivity index (χ2v) is 13.5. The van der Waals surface area contributed by atoms with Crippen LogP contribution in [0.4, 0.5) is 17.1 Å². The smallest absolute Gasteiger partial charge is 0.145 e. The number of hydrogen-bond acceptors (Lipinski definition) is 5. The number of hydrogen-bond donors (Lipinski definition) is 1. The van der Waals surface area contributed by atoms with Crippen molar-refractivity contribution >= 4 is 54.8 Å². The Morgan fingerprint density at radius 3 is 2.08 bits per heavy atom. The maximum absolute atomic E-state index is 6.48. The number of para-hydroxylation sites is 4. The Kier molecular flexibility index (Phi) is 7.70. The fraction of sp³-hybridized carbons (Fsp3) is 0.0682. The van der Waals surface area contributed by atoms with Crippen molar-refractivity contribution < 1.29 is 9.47 Å². The third kappa shape index (κ3) is 5.47. The Morgan fingerprint density at radius 1 is 0.627 bits per heavy atom. The van der Waals surface area contributed by atoms with Gasteiger partial charge in [0.2, 0.25) is 0 Å². The first kappa shape index (κ1) is 31.0. The summed E-state index contributed by atoms with van der Waals surface area (Å²) in [5, 5.41) is 5.98. The molecule has 7 heteroatoms.